The van der Waals surface area contributed by atoms with Crippen LogP contribution in [0.5, 0.6) is 0 Å². The maximum Gasteiger partial charge on any atom is 0.337 e. The molecule has 2 aromatic carbocycles. The van der Waals surface area contributed by atoms with Crippen molar-refractivity contribution in [1.29, 1.82) is 0 Å². The molecular formula is C22H24N2O2S. The van der Waals surface area contributed by atoms with Gasteiger partial charge in [-0.05, 0) is 61.7 Å². The van der Waals surface area contributed by atoms with Crippen LogP contribution in [-0.2, 0) is 11.2 Å². The fourth-order valence-electron chi connectivity index (χ4n) is 2.85. The van der Waals surface area contributed by atoms with Gasteiger partial charge in [0.15, 0.2) is 5.13 Å². The van der Waals surface area contributed by atoms with Crippen molar-refractivity contribution in [2.75, 3.05) is 12.4 Å². The first-order valence-corrected chi connectivity index (χ1v) is 9.86. The molecule has 0 amide bonds. The average molecular weight is 381 g/mol. The second-order valence-corrected chi connectivity index (χ2v) is 7.62. The highest BCUT2D eigenvalue weighted by molar-refractivity contribution is 7.16. The molecule has 27 heavy (non-hydrogen) atoms. The van der Waals surface area contributed by atoms with Gasteiger partial charge in [0, 0.05) is 16.1 Å². The quantitative estimate of drug-likeness (QED) is 0.540. The molecule has 1 heterocycles. The monoisotopic (exact) mass is 380 g/mol. The Bertz CT molecular complexity index is 945. The third kappa shape index (κ3) is 4.37. The van der Waals surface area contributed by atoms with E-state index < -0.39 is 0 Å². The lowest BCUT2D eigenvalue weighted by molar-refractivity contribution is 0.0601. The highest BCUT2D eigenvalue weighted by Gasteiger charge is 2.14. The van der Waals surface area contributed by atoms with E-state index in [9.17, 15) is 4.79 Å². The van der Waals surface area contributed by atoms with Crippen LogP contribution in [0.4, 0.5) is 10.8 Å². The van der Waals surface area contributed by atoms with Crippen LogP contribution in [0.1, 0.15) is 39.7 Å². The molecule has 0 unspecified atom stereocenters. The SMILES string of the molecule is CCCc1sc(Nc2ccc(C(=O)OC)cc2)nc1-c1ccc(C)c(C)c1. The lowest BCUT2D eigenvalue weighted by atomic mass is 10.0. The van der Waals surface area contributed by atoms with E-state index in [-0.39, 0.29) is 5.97 Å². The summed E-state index contributed by atoms with van der Waals surface area (Å²) in [4.78, 5) is 17.7. The molecule has 3 aromatic rings. The van der Waals surface area contributed by atoms with E-state index in [4.69, 9.17) is 9.72 Å². The van der Waals surface area contributed by atoms with E-state index >= 15 is 0 Å². The summed E-state index contributed by atoms with van der Waals surface area (Å²) < 4.78 is 4.74. The van der Waals surface area contributed by atoms with Crippen LogP contribution in [0.25, 0.3) is 11.3 Å². The predicted molar refractivity (Wildman–Crippen MR) is 112 cm³/mol. The standard InChI is InChI=1S/C22H24N2O2S/c1-5-6-19-20(17-8-7-14(2)15(3)13-17)24-22(27-19)23-18-11-9-16(10-12-18)21(25)26-4/h7-13H,5-6H2,1-4H3,(H,23,24). The van der Waals surface area contributed by atoms with E-state index in [2.05, 4.69) is 44.3 Å². The van der Waals surface area contributed by atoms with Gasteiger partial charge >= 0.3 is 5.97 Å². The topological polar surface area (TPSA) is 51.2 Å². The van der Waals surface area contributed by atoms with Crippen LogP contribution in [0.2, 0.25) is 0 Å². The van der Waals surface area contributed by atoms with Crippen molar-refractivity contribution in [2.24, 2.45) is 0 Å². The Kier molecular flexibility index (Phi) is 5.91. The Morgan fingerprint density at radius 1 is 1.11 bits per heavy atom. The molecule has 0 aliphatic heterocycles. The van der Waals surface area contributed by atoms with Gasteiger partial charge in [0.05, 0.1) is 18.4 Å². The summed E-state index contributed by atoms with van der Waals surface area (Å²) in [6, 6.07) is 13.7. The molecule has 1 N–H and O–H groups in total. The molecular weight excluding hydrogens is 356 g/mol. The Hall–Kier alpha value is -2.66. The molecule has 0 radical (unpaired) electrons. The molecule has 4 nitrogen and oxygen atoms in total. The van der Waals surface area contributed by atoms with Gasteiger partial charge in [-0.15, -0.1) is 11.3 Å². The van der Waals surface area contributed by atoms with Crippen molar-refractivity contribution < 1.29 is 9.53 Å². The van der Waals surface area contributed by atoms with Crippen LogP contribution >= 0.6 is 11.3 Å². The number of anilines is 2. The summed E-state index contributed by atoms with van der Waals surface area (Å²) in [5.41, 5.74) is 6.20. The van der Waals surface area contributed by atoms with Gasteiger partial charge in [-0.1, -0.05) is 25.5 Å². The lowest BCUT2D eigenvalue weighted by Gasteiger charge is -2.05. The summed E-state index contributed by atoms with van der Waals surface area (Å²) >= 11 is 1.68. The number of ether oxygens (including phenoxy) is 1. The van der Waals surface area contributed by atoms with Gasteiger partial charge in [-0.2, -0.15) is 0 Å². The fourth-order valence-corrected chi connectivity index (χ4v) is 3.95. The van der Waals surface area contributed by atoms with Crippen molar-refractivity contribution in [1.82, 2.24) is 4.98 Å². The Balaban J connectivity index is 1.88. The molecule has 140 valence electrons. The Labute approximate surface area is 164 Å². The van der Waals surface area contributed by atoms with Gasteiger partial charge in [-0.25, -0.2) is 9.78 Å². The van der Waals surface area contributed by atoms with Gasteiger partial charge in [0.25, 0.3) is 0 Å². The van der Waals surface area contributed by atoms with Gasteiger partial charge in [0.2, 0.25) is 0 Å². The van der Waals surface area contributed by atoms with E-state index in [1.54, 1.807) is 23.5 Å². The molecule has 0 saturated heterocycles. The van der Waals surface area contributed by atoms with Crippen molar-refractivity contribution in [3.05, 3.63) is 64.0 Å². The zero-order valence-corrected chi connectivity index (χ0v) is 16.9. The van der Waals surface area contributed by atoms with Crippen LogP contribution in [0.15, 0.2) is 42.5 Å². The van der Waals surface area contributed by atoms with Gasteiger partial charge in [0.1, 0.15) is 0 Å². The van der Waals surface area contributed by atoms with Crippen LogP contribution in [0, 0.1) is 13.8 Å². The van der Waals surface area contributed by atoms with Crippen molar-refractivity contribution in [3.8, 4) is 11.3 Å². The predicted octanol–water partition coefficient (Wildman–Crippen LogP) is 5.91. The minimum atomic E-state index is -0.335. The van der Waals surface area contributed by atoms with E-state index in [1.165, 1.54) is 23.1 Å². The maximum absolute atomic E-state index is 11.6. The van der Waals surface area contributed by atoms with Crippen molar-refractivity contribution >= 4 is 28.1 Å². The highest BCUT2D eigenvalue weighted by Crippen LogP contribution is 2.34. The Morgan fingerprint density at radius 3 is 2.48 bits per heavy atom. The first-order valence-electron chi connectivity index (χ1n) is 9.04. The number of hydrogen-bond donors (Lipinski definition) is 1. The molecule has 0 atom stereocenters. The number of nitrogens with zero attached hydrogens (tertiary/aromatic N) is 1. The number of aryl methyl sites for hydroxylation is 3. The summed E-state index contributed by atoms with van der Waals surface area (Å²) in [5, 5.41) is 4.22. The third-order valence-corrected chi connectivity index (χ3v) is 5.54. The second kappa shape index (κ2) is 8.35. The number of methoxy groups -OCH3 is 1. The molecule has 3 rings (SSSR count). The number of benzene rings is 2. The van der Waals surface area contributed by atoms with E-state index in [1.807, 2.05) is 12.1 Å². The fraction of sp³-hybridized carbons (Fsp3) is 0.273. The minimum Gasteiger partial charge on any atom is -0.465 e. The highest BCUT2D eigenvalue weighted by atomic mass is 32.1. The van der Waals surface area contributed by atoms with Crippen LogP contribution in [0.3, 0.4) is 0 Å². The molecule has 0 aliphatic rings. The first kappa shape index (κ1) is 19.1. The minimum absolute atomic E-state index is 0.335. The van der Waals surface area contributed by atoms with Crippen LogP contribution < -0.4 is 5.32 Å². The normalized spacial score (nSPS) is 10.7. The zero-order chi connectivity index (χ0) is 19.4. The number of carbonyl (C=O) groups excluding carboxylic acids is 1. The van der Waals surface area contributed by atoms with Gasteiger partial charge < -0.3 is 10.1 Å². The van der Waals surface area contributed by atoms with Gasteiger partial charge in [-0.3, -0.25) is 0 Å². The molecule has 0 spiro atoms. The number of carbonyl (C=O) groups is 1. The maximum atomic E-state index is 11.6. The Morgan fingerprint density at radius 2 is 1.85 bits per heavy atom. The van der Waals surface area contributed by atoms with E-state index in [0.29, 0.717) is 5.56 Å². The number of thiazole rings is 1. The third-order valence-electron chi connectivity index (χ3n) is 4.51. The zero-order valence-electron chi connectivity index (χ0n) is 16.1. The second-order valence-electron chi connectivity index (χ2n) is 6.53. The molecule has 1 aromatic heterocycles. The number of aromatic nitrogens is 1. The molecule has 5 heteroatoms. The smallest absolute Gasteiger partial charge is 0.337 e. The molecule has 0 bridgehead atoms. The lowest BCUT2D eigenvalue weighted by Crippen LogP contribution is -2.00. The van der Waals surface area contributed by atoms with Crippen molar-refractivity contribution in [2.45, 2.75) is 33.6 Å². The van der Waals surface area contributed by atoms with Crippen LogP contribution in [-0.4, -0.2) is 18.1 Å². The summed E-state index contributed by atoms with van der Waals surface area (Å²) in [5.74, 6) is -0.335. The summed E-state index contributed by atoms with van der Waals surface area (Å²) in [7, 11) is 1.38. The molecule has 0 saturated carbocycles. The number of hydrogen-bond acceptors (Lipinski definition) is 5. The molecule has 0 fully saturated rings. The average Bonchev–Trinajstić information content (AvgIpc) is 3.06. The largest absolute Gasteiger partial charge is 0.465 e. The summed E-state index contributed by atoms with van der Waals surface area (Å²) in [6.45, 7) is 6.44. The number of rotatable bonds is 6. The summed E-state index contributed by atoms with van der Waals surface area (Å²) in [6.07, 6.45) is 2.08. The van der Waals surface area contributed by atoms with E-state index in [0.717, 1.165) is 34.9 Å². The van der Waals surface area contributed by atoms with Crippen molar-refractivity contribution in [3.63, 3.8) is 0 Å². The number of nitrogens with one attached hydrogen (secondary N) is 1. The molecule has 0 aliphatic carbocycles. The number of esters is 1. The first-order chi connectivity index (χ1) is 13.0.